The van der Waals surface area contributed by atoms with Gasteiger partial charge >= 0.3 is 6.09 Å². The lowest BCUT2D eigenvalue weighted by atomic mass is 9.91. The Morgan fingerprint density at radius 2 is 1.74 bits per heavy atom. The maximum absolute atomic E-state index is 13.6. The van der Waals surface area contributed by atoms with Crippen LogP contribution in [-0.2, 0) is 22.5 Å². The van der Waals surface area contributed by atoms with Gasteiger partial charge < -0.3 is 35.4 Å². The Bertz CT molecular complexity index is 1470. The third kappa shape index (κ3) is 8.41. The van der Waals surface area contributed by atoms with Gasteiger partial charge in [-0.25, -0.2) is 9.78 Å². The summed E-state index contributed by atoms with van der Waals surface area (Å²) in [4.78, 5) is 55.5. The molecular formula is C33H48N8O6. The minimum atomic E-state index is -1.12. The number of hydrogen-bond donors (Lipinski definition) is 4. The number of hydrogen-bond acceptors (Lipinski definition) is 11. The lowest BCUT2D eigenvalue weighted by Crippen LogP contribution is -2.56. The SMILES string of the molecule is CC(=O)N1CC(Nc2cc(C(=O)NC[C@@H](O)[C@@H]3Cc4ccc(O)cc4CN3C(=O)OC(C)(C)C)nc(N3CCN(C(C)C)CC3)n2)C1. The van der Waals surface area contributed by atoms with Gasteiger partial charge in [-0.05, 0) is 64.3 Å². The van der Waals surface area contributed by atoms with Crippen molar-refractivity contribution in [1.82, 2.24) is 30.0 Å². The number of fused-ring (bicyclic) bond motifs is 1. The molecule has 0 saturated carbocycles. The molecule has 1 aromatic heterocycles. The number of phenols is 1. The summed E-state index contributed by atoms with van der Waals surface area (Å²) in [5, 5.41) is 27.5. The van der Waals surface area contributed by atoms with E-state index in [9.17, 15) is 24.6 Å². The van der Waals surface area contributed by atoms with E-state index >= 15 is 0 Å². The van der Waals surface area contributed by atoms with Crippen LogP contribution in [0.5, 0.6) is 5.75 Å². The van der Waals surface area contributed by atoms with Crippen LogP contribution in [0.15, 0.2) is 24.3 Å². The molecule has 0 unspecified atom stereocenters. The van der Waals surface area contributed by atoms with Gasteiger partial charge in [-0.15, -0.1) is 0 Å². The first-order valence-corrected chi connectivity index (χ1v) is 16.3. The summed E-state index contributed by atoms with van der Waals surface area (Å²) in [6.45, 7) is 15.4. The van der Waals surface area contributed by atoms with E-state index in [1.807, 2.05) is 0 Å². The highest BCUT2D eigenvalue weighted by atomic mass is 16.6. The molecule has 0 bridgehead atoms. The minimum absolute atomic E-state index is 0.00657. The Morgan fingerprint density at radius 1 is 1.04 bits per heavy atom. The van der Waals surface area contributed by atoms with Crippen molar-refractivity contribution in [3.8, 4) is 5.75 Å². The Balaban J connectivity index is 1.31. The van der Waals surface area contributed by atoms with E-state index < -0.39 is 29.7 Å². The van der Waals surface area contributed by atoms with Crippen molar-refractivity contribution in [3.05, 3.63) is 41.1 Å². The fourth-order valence-corrected chi connectivity index (χ4v) is 6.12. The number of likely N-dealkylation sites (tertiary alicyclic amines) is 1. The number of benzene rings is 1. The standard InChI is InChI=1S/C33H48N8O6/c1-20(2)38-9-11-39(12-10-38)31-36-26(15-29(37-31)35-24-18-40(19-24)21(3)42)30(45)34-16-28(44)27-14-22-7-8-25(43)13-23(22)17-41(27)32(46)47-33(4,5)6/h7-8,13,15,20,24,27-28,43-44H,9-12,14,16-19H2,1-6H3,(H,34,45)(H,35,36,37)/t27-,28+/m0/s1. The first kappa shape index (κ1) is 34.2. The fourth-order valence-electron chi connectivity index (χ4n) is 6.12. The number of aromatic nitrogens is 2. The minimum Gasteiger partial charge on any atom is -0.508 e. The molecule has 2 atom stereocenters. The number of amides is 3. The number of ether oxygens (including phenoxy) is 1. The second-order valence-electron chi connectivity index (χ2n) is 13.9. The molecule has 14 nitrogen and oxygen atoms in total. The zero-order valence-electron chi connectivity index (χ0n) is 28.2. The molecule has 3 aliphatic heterocycles. The van der Waals surface area contributed by atoms with Gasteiger partial charge in [0.2, 0.25) is 11.9 Å². The van der Waals surface area contributed by atoms with Crippen molar-refractivity contribution in [2.45, 2.75) is 84.3 Å². The van der Waals surface area contributed by atoms with Gasteiger partial charge in [-0.3, -0.25) is 19.4 Å². The van der Waals surface area contributed by atoms with Crippen LogP contribution in [-0.4, -0.2) is 128 Å². The topological polar surface area (TPSA) is 164 Å². The average Bonchev–Trinajstić information content (AvgIpc) is 2.99. The van der Waals surface area contributed by atoms with Crippen LogP contribution in [0.25, 0.3) is 0 Å². The summed E-state index contributed by atoms with van der Waals surface area (Å²) in [6, 6.07) is 6.31. The van der Waals surface area contributed by atoms with Gasteiger partial charge in [0.25, 0.3) is 5.91 Å². The van der Waals surface area contributed by atoms with Crippen LogP contribution >= 0.6 is 0 Å². The summed E-state index contributed by atoms with van der Waals surface area (Å²) >= 11 is 0. The third-order valence-electron chi connectivity index (χ3n) is 8.86. The molecule has 3 aliphatic rings. The van der Waals surface area contributed by atoms with Crippen LogP contribution in [0.4, 0.5) is 16.6 Å². The van der Waals surface area contributed by atoms with Crippen LogP contribution in [0.3, 0.4) is 0 Å². The van der Waals surface area contributed by atoms with Gasteiger partial charge in [0, 0.05) is 71.4 Å². The van der Waals surface area contributed by atoms with Gasteiger partial charge in [0.05, 0.1) is 18.2 Å². The molecular weight excluding hydrogens is 604 g/mol. The molecule has 256 valence electrons. The number of piperazine rings is 1. The maximum Gasteiger partial charge on any atom is 0.410 e. The van der Waals surface area contributed by atoms with Crippen molar-refractivity contribution < 1.29 is 29.3 Å². The number of phenolic OH excluding ortho intramolecular Hbond substituents is 1. The first-order valence-electron chi connectivity index (χ1n) is 16.3. The highest BCUT2D eigenvalue weighted by Gasteiger charge is 2.37. The molecule has 5 rings (SSSR count). The van der Waals surface area contributed by atoms with Crippen molar-refractivity contribution in [2.75, 3.05) is 56.0 Å². The zero-order chi connectivity index (χ0) is 34.0. The molecule has 2 saturated heterocycles. The van der Waals surface area contributed by atoms with E-state index in [1.165, 1.54) is 11.8 Å². The van der Waals surface area contributed by atoms with E-state index in [-0.39, 0.29) is 36.5 Å². The number of aliphatic hydroxyl groups is 1. The summed E-state index contributed by atoms with van der Waals surface area (Å²) < 4.78 is 5.64. The van der Waals surface area contributed by atoms with Crippen molar-refractivity contribution in [3.63, 3.8) is 0 Å². The smallest absolute Gasteiger partial charge is 0.410 e. The summed E-state index contributed by atoms with van der Waals surface area (Å²) in [5.41, 5.74) is 1.06. The number of anilines is 2. The van der Waals surface area contributed by atoms with Crippen LogP contribution in [0.1, 0.15) is 63.2 Å². The predicted octanol–water partition coefficient (Wildman–Crippen LogP) is 1.81. The normalized spacial score (nSPS) is 19.6. The highest BCUT2D eigenvalue weighted by molar-refractivity contribution is 5.93. The molecule has 3 amide bonds. The van der Waals surface area contributed by atoms with Crippen molar-refractivity contribution in [1.29, 1.82) is 0 Å². The number of rotatable bonds is 8. The molecule has 14 heteroatoms. The largest absolute Gasteiger partial charge is 0.508 e. The monoisotopic (exact) mass is 652 g/mol. The molecule has 4 heterocycles. The van der Waals surface area contributed by atoms with E-state index in [1.54, 1.807) is 49.9 Å². The van der Waals surface area contributed by atoms with Gasteiger partial charge in [0.1, 0.15) is 22.9 Å². The quantitative estimate of drug-likeness (QED) is 0.329. The predicted molar refractivity (Wildman–Crippen MR) is 176 cm³/mol. The maximum atomic E-state index is 13.6. The Labute approximate surface area is 276 Å². The second kappa shape index (κ2) is 13.9. The van der Waals surface area contributed by atoms with E-state index in [2.05, 4.69) is 39.3 Å². The molecule has 0 aliphatic carbocycles. The number of nitrogens with zero attached hydrogens (tertiary/aromatic N) is 6. The summed E-state index contributed by atoms with van der Waals surface area (Å²) in [6.07, 6.45) is -1.39. The summed E-state index contributed by atoms with van der Waals surface area (Å²) in [7, 11) is 0. The number of aliphatic hydroxyl groups excluding tert-OH is 1. The Morgan fingerprint density at radius 3 is 2.38 bits per heavy atom. The molecule has 2 aromatic rings. The number of carbonyl (C=O) groups excluding carboxylic acids is 3. The van der Waals surface area contributed by atoms with Gasteiger partial charge in [-0.2, -0.15) is 4.98 Å². The number of aromatic hydroxyl groups is 1. The second-order valence-corrected chi connectivity index (χ2v) is 13.9. The molecule has 47 heavy (non-hydrogen) atoms. The molecule has 0 radical (unpaired) electrons. The first-order chi connectivity index (χ1) is 22.2. The lowest BCUT2D eigenvalue weighted by molar-refractivity contribution is -0.132. The van der Waals surface area contributed by atoms with Crippen LogP contribution in [0, 0.1) is 0 Å². The lowest BCUT2D eigenvalue weighted by Gasteiger charge is -2.40. The number of carbonyl (C=O) groups is 3. The van der Waals surface area contributed by atoms with Crippen LogP contribution < -0.4 is 15.5 Å². The van der Waals surface area contributed by atoms with E-state index in [0.717, 1.165) is 24.2 Å². The van der Waals surface area contributed by atoms with Crippen molar-refractivity contribution in [2.24, 2.45) is 0 Å². The summed E-state index contributed by atoms with van der Waals surface area (Å²) in [5.74, 6) is 0.546. The highest BCUT2D eigenvalue weighted by Crippen LogP contribution is 2.29. The average molecular weight is 653 g/mol. The zero-order valence-corrected chi connectivity index (χ0v) is 28.2. The van der Waals surface area contributed by atoms with E-state index in [0.29, 0.717) is 50.4 Å². The fraction of sp³-hybridized carbons (Fsp3) is 0.606. The Kier molecular flexibility index (Phi) is 10.1. The van der Waals surface area contributed by atoms with Crippen LogP contribution in [0.2, 0.25) is 0 Å². The molecule has 4 N–H and O–H groups in total. The molecule has 0 spiro atoms. The molecule has 2 fully saturated rings. The molecule has 1 aromatic carbocycles. The van der Waals surface area contributed by atoms with Gasteiger partial charge in [-0.1, -0.05) is 6.07 Å². The van der Waals surface area contributed by atoms with Crippen molar-refractivity contribution >= 4 is 29.7 Å². The van der Waals surface area contributed by atoms with E-state index in [4.69, 9.17) is 9.72 Å². The number of nitrogens with one attached hydrogen (secondary N) is 2. The Hall–Kier alpha value is -4.17. The third-order valence-corrected chi connectivity index (χ3v) is 8.86. The van der Waals surface area contributed by atoms with Gasteiger partial charge in [0.15, 0.2) is 0 Å².